The fourth-order valence-corrected chi connectivity index (χ4v) is 6.26. The number of aromatic nitrogens is 2. The van der Waals surface area contributed by atoms with Crippen LogP contribution >= 0.6 is 0 Å². The van der Waals surface area contributed by atoms with Gasteiger partial charge in [0.25, 0.3) is 0 Å². The molecule has 0 bridgehead atoms. The molecule has 1 saturated carbocycles. The molecule has 0 unspecified atom stereocenters. The second-order valence-electron chi connectivity index (χ2n) is 10.1. The molecule has 2 heterocycles. The van der Waals surface area contributed by atoms with E-state index in [0.717, 1.165) is 5.69 Å². The zero-order valence-corrected chi connectivity index (χ0v) is 20.1. The molecule has 33 heavy (non-hydrogen) atoms. The Hall–Kier alpha value is -3.26. The Morgan fingerprint density at radius 2 is 1.45 bits per heavy atom. The summed E-state index contributed by atoms with van der Waals surface area (Å²) in [5, 5.41) is 0. The first-order chi connectivity index (χ1) is 16.0. The third kappa shape index (κ3) is 3.00. The maximum absolute atomic E-state index is 5.14. The number of pyridine rings is 2. The van der Waals surface area contributed by atoms with Crippen LogP contribution in [-0.4, -0.2) is 4.98 Å². The zero-order chi connectivity index (χ0) is 22.7. The number of nitrogens with zero attached hydrogens (tertiary/aromatic N) is 2. The first-order valence-corrected chi connectivity index (χ1v) is 12.2. The van der Waals surface area contributed by atoms with Gasteiger partial charge in [-0.05, 0) is 68.0 Å². The summed E-state index contributed by atoms with van der Waals surface area (Å²) in [6.07, 6.45) is 7.24. The van der Waals surface area contributed by atoms with Crippen LogP contribution in [-0.2, 0) is 12.5 Å². The van der Waals surface area contributed by atoms with E-state index in [1.165, 1.54) is 81.6 Å². The zero-order valence-electron chi connectivity index (χ0n) is 20.1. The van der Waals surface area contributed by atoms with Crippen LogP contribution in [0.1, 0.15) is 53.8 Å². The Balaban J connectivity index is 1.57. The van der Waals surface area contributed by atoms with Gasteiger partial charge in [-0.1, -0.05) is 60.9 Å². The smallest absolute Gasteiger partial charge is 0.212 e. The maximum atomic E-state index is 5.14. The van der Waals surface area contributed by atoms with Crippen molar-refractivity contribution in [1.82, 2.24) is 4.98 Å². The van der Waals surface area contributed by atoms with Crippen LogP contribution < -0.4 is 4.57 Å². The van der Waals surface area contributed by atoms with Gasteiger partial charge in [0.2, 0.25) is 5.69 Å². The minimum atomic E-state index is 0.0562. The fourth-order valence-electron chi connectivity index (χ4n) is 6.26. The second kappa shape index (κ2) is 7.38. The number of hydrogen-bond acceptors (Lipinski definition) is 1. The highest BCUT2D eigenvalue weighted by Gasteiger charge is 2.49. The highest BCUT2D eigenvalue weighted by atomic mass is 14.9. The monoisotopic (exact) mass is 431 g/mol. The minimum absolute atomic E-state index is 0.0562. The molecule has 2 nitrogen and oxygen atoms in total. The van der Waals surface area contributed by atoms with Gasteiger partial charge in [-0.15, -0.1) is 0 Å². The lowest BCUT2D eigenvalue weighted by Gasteiger charge is -2.28. The third-order valence-corrected chi connectivity index (χ3v) is 7.90. The van der Waals surface area contributed by atoms with Crippen molar-refractivity contribution in [1.29, 1.82) is 0 Å². The topological polar surface area (TPSA) is 16.8 Å². The molecular weight excluding hydrogens is 400 g/mol. The minimum Gasteiger partial charge on any atom is -0.257 e. The Bertz CT molecular complexity index is 1390. The lowest BCUT2D eigenvalue weighted by Crippen LogP contribution is -2.32. The molecule has 2 heteroatoms. The molecule has 2 aromatic carbocycles. The van der Waals surface area contributed by atoms with Crippen molar-refractivity contribution in [2.24, 2.45) is 7.05 Å². The molecule has 164 valence electrons. The molecule has 0 amide bonds. The van der Waals surface area contributed by atoms with Gasteiger partial charge < -0.3 is 0 Å². The molecule has 2 aliphatic carbocycles. The van der Waals surface area contributed by atoms with Crippen molar-refractivity contribution in [3.8, 4) is 33.5 Å². The molecule has 0 aliphatic heterocycles. The van der Waals surface area contributed by atoms with Crippen molar-refractivity contribution < 1.29 is 4.57 Å². The molecule has 2 aliphatic rings. The van der Waals surface area contributed by atoms with Gasteiger partial charge in [-0.25, -0.2) is 4.57 Å². The van der Waals surface area contributed by atoms with Gasteiger partial charge in [-0.3, -0.25) is 4.98 Å². The van der Waals surface area contributed by atoms with Gasteiger partial charge in [0, 0.05) is 28.3 Å². The van der Waals surface area contributed by atoms with Crippen LogP contribution in [0.2, 0.25) is 0 Å². The Morgan fingerprint density at radius 1 is 0.758 bits per heavy atom. The van der Waals surface area contributed by atoms with E-state index in [0.29, 0.717) is 0 Å². The van der Waals surface area contributed by atoms with Crippen LogP contribution in [0.25, 0.3) is 33.5 Å². The molecular formula is C31H31N2+. The van der Waals surface area contributed by atoms with E-state index in [9.17, 15) is 0 Å². The van der Waals surface area contributed by atoms with Crippen LogP contribution in [0.15, 0.2) is 66.9 Å². The summed E-state index contributed by atoms with van der Waals surface area (Å²) >= 11 is 0. The van der Waals surface area contributed by atoms with Gasteiger partial charge in [0.05, 0.1) is 11.3 Å². The Morgan fingerprint density at radius 3 is 2.18 bits per heavy atom. The van der Waals surface area contributed by atoms with E-state index in [-0.39, 0.29) is 5.41 Å². The molecule has 4 aromatic rings. The fraction of sp³-hybridized carbons (Fsp3) is 0.290. The molecule has 1 fully saturated rings. The van der Waals surface area contributed by atoms with Crippen LogP contribution in [0.5, 0.6) is 0 Å². The van der Waals surface area contributed by atoms with Gasteiger partial charge >= 0.3 is 0 Å². The summed E-state index contributed by atoms with van der Waals surface area (Å²) in [5.41, 5.74) is 14.6. The lowest BCUT2D eigenvalue weighted by atomic mass is 9.75. The van der Waals surface area contributed by atoms with Crippen molar-refractivity contribution in [3.05, 3.63) is 94.9 Å². The summed E-state index contributed by atoms with van der Waals surface area (Å²) in [7, 11) is 2.19. The normalized spacial score (nSPS) is 15.6. The van der Waals surface area contributed by atoms with E-state index < -0.39 is 0 Å². The predicted molar refractivity (Wildman–Crippen MR) is 135 cm³/mol. The molecule has 0 saturated heterocycles. The second-order valence-corrected chi connectivity index (χ2v) is 10.1. The van der Waals surface area contributed by atoms with E-state index in [1.54, 1.807) is 0 Å². The molecule has 6 rings (SSSR count). The predicted octanol–water partition coefficient (Wildman–Crippen LogP) is 7.01. The third-order valence-electron chi connectivity index (χ3n) is 7.90. The van der Waals surface area contributed by atoms with Crippen LogP contribution in [0.3, 0.4) is 0 Å². The molecule has 0 radical (unpaired) electrons. The first kappa shape index (κ1) is 20.4. The van der Waals surface area contributed by atoms with Gasteiger partial charge in [0.15, 0.2) is 6.20 Å². The molecule has 2 aromatic heterocycles. The largest absolute Gasteiger partial charge is 0.257 e. The summed E-state index contributed by atoms with van der Waals surface area (Å²) in [5.74, 6) is 0. The van der Waals surface area contributed by atoms with E-state index in [1.807, 2.05) is 0 Å². The van der Waals surface area contributed by atoms with E-state index in [4.69, 9.17) is 4.98 Å². The highest BCUT2D eigenvalue weighted by Crippen LogP contribution is 2.58. The van der Waals surface area contributed by atoms with Crippen LogP contribution in [0.4, 0.5) is 0 Å². The number of fused-ring (bicyclic) bond motifs is 5. The Kier molecular flexibility index (Phi) is 4.55. The number of benzene rings is 2. The SMILES string of the molecule is Cc1ccc(-c2ccc(-c3c(C)ccc4c3C3(CCCC3)c3nc(C)ccc3-4)[n+](C)c2)cc1. The Labute approximate surface area is 197 Å². The van der Waals surface area contributed by atoms with Crippen molar-refractivity contribution >= 4 is 0 Å². The lowest BCUT2D eigenvalue weighted by molar-refractivity contribution is -0.659. The number of aryl methyl sites for hydroxylation is 4. The summed E-state index contributed by atoms with van der Waals surface area (Å²) in [4.78, 5) is 5.14. The molecule has 1 spiro atoms. The summed E-state index contributed by atoms with van der Waals surface area (Å²) in [6.45, 7) is 6.54. The molecule has 0 N–H and O–H groups in total. The standard InChI is InChI=1S/C31H31N2/c1-20-7-11-23(12-8-20)24-13-16-27(33(4)19-24)28-21(2)9-14-25-26-15-10-22(3)32-30(26)31(29(25)28)17-5-6-18-31/h7-16,19H,5-6,17-18H2,1-4H3/q+1. The van der Waals surface area contributed by atoms with Crippen LogP contribution in [0, 0.1) is 20.8 Å². The van der Waals surface area contributed by atoms with Gasteiger partial charge in [-0.2, -0.15) is 0 Å². The first-order valence-electron chi connectivity index (χ1n) is 12.2. The summed E-state index contributed by atoms with van der Waals surface area (Å²) in [6, 6.07) is 22.5. The number of hydrogen-bond donors (Lipinski definition) is 0. The van der Waals surface area contributed by atoms with Crippen molar-refractivity contribution in [3.63, 3.8) is 0 Å². The molecule has 0 atom stereocenters. The van der Waals surface area contributed by atoms with Crippen molar-refractivity contribution in [2.75, 3.05) is 0 Å². The van der Waals surface area contributed by atoms with Crippen molar-refractivity contribution in [2.45, 2.75) is 51.9 Å². The average molecular weight is 432 g/mol. The average Bonchev–Trinajstić information content (AvgIpc) is 3.40. The quantitative estimate of drug-likeness (QED) is 0.312. The highest BCUT2D eigenvalue weighted by molar-refractivity contribution is 5.88. The van der Waals surface area contributed by atoms with E-state index in [2.05, 4.69) is 99.2 Å². The van der Waals surface area contributed by atoms with Gasteiger partial charge in [0.1, 0.15) is 7.05 Å². The maximum Gasteiger partial charge on any atom is 0.212 e. The van der Waals surface area contributed by atoms with E-state index >= 15 is 0 Å². The summed E-state index contributed by atoms with van der Waals surface area (Å²) < 4.78 is 2.32. The number of rotatable bonds is 2.